The lowest BCUT2D eigenvalue weighted by molar-refractivity contribution is 0.465. The third-order valence-corrected chi connectivity index (χ3v) is 2.44. The predicted molar refractivity (Wildman–Crippen MR) is 69.4 cm³/mol. The van der Waals surface area contributed by atoms with Gasteiger partial charge in [-0.05, 0) is 6.92 Å². The van der Waals surface area contributed by atoms with Crippen LogP contribution in [0.1, 0.15) is 25.5 Å². The molecular formula is C12H16FN5O. The number of halogens is 1. The fraction of sp³-hybridized carbons (Fsp3) is 0.417. The van der Waals surface area contributed by atoms with Crippen molar-refractivity contribution in [2.75, 3.05) is 17.2 Å². The predicted octanol–water partition coefficient (Wildman–Crippen LogP) is 2.21. The van der Waals surface area contributed by atoms with E-state index in [1.54, 1.807) is 6.20 Å². The summed E-state index contributed by atoms with van der Waals surface area (Å²) in [7, 11) is 0. The largest absolute Gasteiger partial charge is 0.444 e. The van der Waals surface area contributed by atoms with Crippen LogP contribution in [0.4, 0.5) is 16.2 Å². The molecule has 0 saturated heterocycles. The van der Waals surface area contributed by atoms with Crippen LogP contribution in [0, 0.1) is 5.82 Å². The van der Waals surface area contributed by atoms with Gasteiger partial charge < -0.3 is 15.1 Å². The normalized spacial score (nSPS) is 10.5. The van der Waals surface area contributed by atoms with Crippen LogP contribution < -0.4 is 10.6 Å². The highest BCUT2D eigenvalue weighted by atomic mass is 19.1. The Morgan fingerprint density at radius 2 is 2.05 bits per heavy atom. The quantitative estimate of drug-likeness (QED) is 0.834. The van der Waals surface area contributed by atoms with Crippen LogP contribution >= 0.6 is 0 Å². The van der Waals surface area contributed by atoms with Crippen molar-refractivity contribution in [1.82, 2.24) is 15.0 Å². The highest BCUT2D eigenvalue weighted by molar-refractivity contribution is 5.40. The molecule has 2 N–H and O–H groups in total. The van der Waals surface area contributed by atoms with E-state index in [1.165, 1.54) is 0 Å². The molecule has 6 nitrogen and oxygen atoms in total. The number of aromatic nitrogens is 3. The van der Waals surface area contributed by atoms with Gasteiger partial charge in [-0.2, -0.15) is 4.98 Å². The summed E-state index contributed by atoms with van der Waals surface area (Å²) in [6.07, 6.45) is 3.57. The second kappa shape index (κ2) is 6.12. The second-order valence-electron chi connectivity index (χ2n) is 3.85. The minimum atomic E-state index is -0.510. The Kier molecular flexibility index (Phi) is 4.27. The van der Waals surface area contributed by atoms with Gasteiger partial charge in [0.1, 0.15) is 5.76 Å². The smallest absolute Gasteiger partial charge is 0.224 e. The van der Waals surface area contributed by atoms with Crippen LogP contribution in [0.5, 0.6) is 0 Å². The van der Waals surface area contributed by atoms with Gasteiger partial charge in [-0.3, -0.25) is 0 Å². The van der Waals surface area contributed by atoms with E-state index >= 15 is 0 Å². The van der Waals surface area contributed by atoms with Crippen LogP contribution in [-0.2, 0) is 13.0 Å². The zero-order chi connectivity index (χ0) is 13.7. The standard InChI is InChI=1S/C12H16FN5O/c1-3-8-5-15-10(19-8)7-16-11-9(13)6-17-12(18-11)14-4-2/h5-6H,3-4,7H2,1-2H3,(H2,14,16,17,18). The molecule has 2 heterocycles. The first-order chi connectivity index (χ1) is 9.22. The number of nitrogens with zero attached hydrogens (tertiary/aromatic N) is 3. The maximum absolute atomic E-state index is 13.5. The van der Waals surface area contributed by atoms with E-state index in [-0.39, 0.29) is 12.4 Å². The summed E-state index contributed by atoms with van der Waals surface area (Å²) >= 11 is 0. The van der Waals surface area contributed by atoms with Gasteiger partial charge in [-0.25, -0.2) is 14.4 Å². The van der Waals surface area contributed by atoms with Crippen LogP contribution in [0.3, 0.4) is 0 Å². The van der Waals surface area contributed by atoms with Crippen molar-refractivity contribution >= 4 is 11.8 Å². The number of aryl methyl sites for hydroxylation is 1. The molecule has 0 radical (unpaired) electrons. The first-order valence-corrected chi connectivity index (χ1v) is 6.16. The van der Waals surface area contributed by atoms with Crippen molar-refractivity contribution in [2.24, 2.45) is 0 Å². The Balaban J connectivity index is 2.03. The number of hydrogen-bond donors (Lipinski definition) is 2. The summed E-state index contributed by atoms with van der Waals surface area (Å²) in [4.78, 5) is 11.9. The van der Waals surface area contributed by atoms with Gasteiger partial charge in [0, 0.05) is 13.0 Å². The highest BCUT2D eigenvalue weighted by Gasteiger charge is 2.08. The molecule has 0 bridgehead atoms. The molecule has 2 rings (SSSR count). The third-order valence-electron chi connectivity index (χ3n) is 2.44. The van der Waals surface area contributed by atoms with E-state index in [2.05, 4.69) is 25.6 Å². The third kappa shape index (κ3) is 3.40. The lowest BCUT2D eigenvalue weighted by Gasteiger charge is -2.06. The molecule has 2 aromatic rings. The fourth-order valence-corrected chi connectivity index (χ4v) is 1.49. The lowest BCUT2D eigenvalue weighted by Crippen LogP contribution is -2.08. The summed E-state index contributed by atoms with van der Waals surface area (Å²) in [5, 5.41) is 5.76. The summed E-state index contributed by atoms with van der Waals surface area (Å²) < 4.78 is 18.9. The van der Waals surface area contributed by atoms with E-state index < -0.39 is 5.82 Å². The molecule has 102 valence electrons. The van der Waals surface area contributed by atoms with E-state index in [0.29, 0.717) is 18.4 Å². The van der Waals surface area contributed by atoms with Crippen LogP contribution in [0.2, 0.25) is 0 Å². The maximum Gasteiger partial charge on any atom is 0.224 e. The molecule has 2 aromatic heterocycles. The summed E-state index contributed by atoms with van der Waals surface area (Å²) in [5.74, 6) is 1.30. The number of oxazole rings is 1. The van der Waals surface area contributed by atoms with E-state index in [0.717, 1.165) is 18.4 Å². The zero-order valence-corrected chi connectivity index (χ0v) is 10.9. The molecule has 0 aliphatic heterocycles. The average Bonchev–Trinajstić information content (AvgIpc) is 2.88. The van der Waals surface area contributed by atoms with E-state index in [9.17, 15) is 4.39 Å². The number of hydrogen-bond acceptors (Lipinski definition) is 6. The molecule has 0 aliphatic carbocycles. The van der Waals surface area contributed by atoms with Gasteiger partial charge in [-0.15, -0.1) is 0 Å². The minimum Gasteiger partial charge on any atom is -0.444 e. The molecule has 19 heavy (non-hydrogen) atoms. The van der Waals surface area contributed by atoms with Crippen molar-refractivity contribution in [3.8, 4) is 0 Å². The molecular weight excluding hydrogens is 249 g/mol. The van der Waals surface area contributed by atoms with Gasteiger partial charge in [0.05, 0.1) is 18.9 Å². The van der Waals surface area contributed by atoms with E-state index in [1.807, 2.05) is 13.8 Å². The lowest BCUT2D eigenvalue weighted by atomic mass is 10.4. The summed E-state index contributed by atoms with van der Waals surface area (Å²) in [6, 6.07) is 0. The van der Waals surface area contributed by atoms with Gasteiger partial charge in [0.2, 0.25) is 11.8 Å². The molecule has 0 fully saturated rings. The van der Waals surface area contributed by atoms with Crippen molar-refractivity contribution in [2.45, 2.75) is 26.8 Å². The molecule has 0 aromatic carbocycles. The molecule has 0 spiro atoms. The first kappa shape index (κ1) is 13.3. The van der Waals surface area contributed by atoms with Crippen molar-refractivity contribution in [3.05, 3.63) is 29.9 Å². The second-order valence-corrected chi connectivity index (χ2v) is 3.85. The zero-order valence-electron chi connectivity index (χ0n) is 10.9. The van der Waals surface area contributed by atoms with Gasteiger partial charge in [-0.1, -0.05) is 6.92 Å². The molecule has 0 atom stereocenters. The first-order valence-electron chi connectivity index (χ1n) is 6.16. The molecule has 0 aliphatic rings. The van der Waals surface area contributed by atoms with Crippen molar-refractivity contribution in [1.29, 1.82) is 0 Å². The minimum absolute atomic E-state index is 0.127. The van der Waals surface area contributed by atoms with Gasteiger partial charge in [0.15, 0.2) is 11.6 Å². The SMILES string of the molecule is CCNc1ncc(F)c(NCc2ncc(CC)o2)n1. The van der Waals surface area contributed by atoms with Crippen LogP contribution in [0.25, 0.3) is 0 Å². The van der Waals surface area contributed by atoms with Crippen molar-refractivity contribution < 1.29 is 8.81 Å². The fourth-order valence-electron chi connectivity index (χ4n) is 1.49. The number of anilines is 2. The summed E-state index contributed by atoms with van der Waals surface area (Å²) in [5.41, 5.74) is 0. The molecule has 0 unspecified atom stereocenters. The molecule has 0 amide bonds. The Morgan fingerprint density at radius 1 is 1.21 bits per heavy atom. The topological polar surface area (TPSA) is 75.9 Å². The Hall–Kier alpha value is -2.18. The van der Waals surface area contributed by atoms with Crippen LogP contribution in [0.15, 0.2) is 16.8 Å². The van der Waals surface area contributed by atoms with E-state index in [4.69, 9.17) is 4.42 Å². The Morgan fingerprint density at radius 3 is 2.74 bits per heavy atom. The average molecular weight is 265 g/mol. The van der Waals surface area contributed by atoms with Gasteiger partial charge >= 0.3 is 0 Å². The monoisotopic (exact) mass is 265 g/mol. The molecule has 7 heteroatoms. The highest BCUT2D eigenvalue weighted by Crippen LogP contribution is 2.13. The Labute approximate surface area is 110 Å². The number of rotatable bonds is 6. The summed E-state index contributed by atoms with van der Waals surface area (Å²) in [6.45, 7) is 4.84. The van der Waals surface area contributed by atoms with Crippen LogP contribution in [-0.4, -0.2) is 21.5 Å². The maximum atomic E-state index is 13.5. The van der Waals surface area contributed by atoms with Gasteiger partial charge in [0.25, 0.3) is 0 Å². The number of nitrogens with one attached hydrogen (secondary N) is 2. The van der Waals surface area contributed by atoms with Crippen molar-refractivity contribution in [3.63, 3.8) is 0 Å². The molecule has 0 saturated carbocycles. The Bertz CT molecular complexity index is 543.